The van der Waals surface area contributed by atoms with E-state index in [0.717, 1.165) is 44.8 Å². The molecule has 0 saturated carbocycles. The Balaban J connectivity index is 1.47. The number of benzene rings is 1. The number of fused-ring (bicyclic) bond motifs is 3. The lowest BCUT2D eigenvalue weighted by molar-refractivity contribution is -0.126. The molecule has 2 amide bonds. The highest BCUT2D eigenvalue weighted by Gasteiger charge is 2.58. The fourth-order valence-electron chi connectivity index (χ4n) is 4.69. The predicted molar refractivity (Wildman–Crippen MR) is 119 cm³/mol. The number of nitrogens with zero attached hydrogens (tertiary/aromatic N) is 2. The van der Waals surface area contributed by atoms with Crippen LogP contribution in [0, 0.1) is 0 Å². The number of methoxy groups -OCH3 is 2. The van der Waals surface area contributed by atoms with Crippen molar-refractivity contribution < 1.29 is 23.8 Å². The third kappa shape index (κ3) is 3.99. The van der Waals surface area contributed by atoms with E-state index in [4.69, 9.17) is 14.2 Å². The van der Waals surface area contributed by atoms with Gasteiger partial charge in [-0.3, -0.25) is 14.5 Å². The molecule has 9 heteroatoms. The Kier molecular flexibility index (Phi) is 6.37. The van der Waals surface area contributed by atoms with Gasteiger partial charge in [-0.15, -0.1) is 11.8 Å². The fourth-order valence-corrected chi connectivity index (χ4v) is 6.27. The van der Waals surface area contributed by atoms with Gasteiger partial charge in [-0.25, -0.2) is 0 Å². The molecule has 1 N–H and O–H groups in total. The minimum absolute atomic E-state index is 0.103. The molecule has 0 radical (unpaired) electrons. The van der Waals surface area contributed by atoms with Gasteiger partial charge in [-0.05, 0) is 32.9 Å². The van der Waals surface area contributed by atoms with E-state index in [1.807, 2.05) is 26.0 Å². The average Bonchev–Trinajstić information content (AvgIpc) is 3.20. The standard InChI is InChI=1S/C22H31N3O5S/c1-22(2)18(19(26)23-8-5-9-24-10-12-30-13-11-24)25-20(27)16-14(21(25)31-22)6-7-15(28-3)17(16)29-4/h6-7,18,21H,5,8-13H2,1-4H3,(H,23,26)/t18-,21-/m1/s1. The molecule has 170 valence electrons. The third-order valence-corrected chi connectivity index (χ3v) is 7.73. The summed E-state index contributed by atoms with van der Waals surface area (Å²) in [5.41, 5.74) is 1.38. The van der Waals surface area contributed by atoms with Crippen molar-refractivity contribution in [1.82, 2.24) is 15.1 Å². The van der Waals surface area contributed by atoms with Gasteiger partial charge >= 0.3 is 0 Å². The molecule has 3 aliphatic heterocycles. The second-order valence-electron chi connectivity index (χ2n) is 8.55. The van der Waals surface area contributed by atoms with E-state index in [-0.39, 0.29) is 17.2 Å². The zero-order chi connectivity index (χ0) is 22.2. The maximum Gasteiger partial charge on any atom is 0.260 e. The number of ether oxygens (including phenoxy) is 3. The summed E-state index contributed by atoms with van der Waals surface area (Å²) < 4.78 is 15.8. The maximum absolute atomic E-state index is 13.4. The van der Waals surface area contributed by atoms with Crippen LogP contribution in [0.15, 0.2) is 12.1 Å². The molecule has 0 bridgehead atoms. The highest BCUT2D eigenvalue weighted by Crippen LogP contribution is 2.58. The molecule has 4 rings (SSSR count). The van der Waals surface area contributed by atoms with Crippen LogP contribution in [-0.2, 0) is 9.53 Å². The van der Waals surface area contributed by atoms with Crippen LogP contribution in [0.1, 0.15) is 41.6 Å². The summed E-state index contributed by atoms with van der Waals surface area (Å²) in [7, 11) is 3.08. The second-order valence-corrected chi connectivity index (χ2v) is 10.3. The van der Waals surface area contributed by atoms with Gasteiger partial charge in [0.05, 0.1) is 33.0 Å². The molecule has 1 aromatic rings. The fraction of sp³-hybridized carbons (Fsp3) is 0.636. The minimum atomic E-state index is -0.554. The lowest BCUT2D eigenvalue weighted by Crippen LogP contribution is -2.52. The highest BCUT2D eigenvalue weighted by atomic mass is 32.2. The molecular weight excluding hydrogens is 418 g/mol. The van der Waals surface area contributed by atoms with Gasteiger partial charge in [0.1, 0.15) is 11.4 Å². The second kappa shape index (κ2) is 8.88. The number of amides is 2. The molecule has 2 saturated heterocycles. The number of carbonyl (C=O) groups is 2. The SMILES string of the molecule is COc1ccc2c(c1OC)C(=O)N1[C@@H]2SC(C)(C)[C@H]1C(=O)NCCCN1CCOCC1. The molecule has 1 aromatic carbocycles. The van der Waals surface area contributed by atoms with Crippen LogP contribution in [0.3, 0.4) is 0 Å². The number of morpholine rings is 1. The topological polar surface area (TPSA) is 80.3 Å². The number of rotatable bonds is 7. The van der Waals surface area contributed by atoms with E-state index >= 15 is 0 Å². The maximum atomic E-state index is 13.4. The summed E-state index contributed by atoms with van der Waals surface area (Å²) >= 11 is 1.64. The first-order valence-corrected chi connectivity index (χ1v) is 11.6. The molecule has 0 aromatic heterocycles. The van der Waals surface area contributed by atoms with Crippen molar-refractivity contribution >= 4 is 23.6 Å². The van der Waals surface area contributed by atoms with Crippen LogP contribution in [0.25, 0.3) is 0 Å². The first kappa shape index (κ1) is 22.2. The molecule has 2 atom stereocenters. The number of carbonyl (C=O) groups excluding carboxylic acids is 2. The molecule has 0 aliphatic carbocycles. The van der Waals surface area contributed by atoms with Crippen molar-refractivity contribution in [3.63, 3.8) is 0 Å². The Morgan fingerprint density at radius 2 is 2.00 bits per heavy atom. The molecular formula is C22H31N3O5S. The summed E-state index contributed by atoms with van der Waals surface area (Å²) in [6.07, 6.45) is 0.870. The van der Waals surface area contributed by atoms with Crippen LogP contribution >= 0.6 is 11.8 Å². The van der Waals surface area contributed by atoms with E-state index in [1.165, 1.54) is 7.11 Å². The molecule has 2 fully saturated rings. The predicted octanol–water partition coefficient (Wildman–Crippen LogP) is 1.89. The number of hydrogen-bond donors (Lipinski definition) is 1. The van der Waals surface area contributed by atoms with Crippen molar-refractivity contribution in [2.75, 3.05) is 53.6 Å². The molecule has 0 unspecified atom stereocenters. The summed E-state index contributed by atoms with van der Waals surface area (Å²) in [6.45, 7) is 9.00. The van der Waals surface area contributed by atoms with Crippen LogP contribution in [0.5, 0.6) is 11.5 Å². The molecule has 31 heavy (non-hydrogen) atoms. The molecule has 0 spiro atoms. The van der Waals surface area contributed by atoms with Gasteiger partial charge in [0.15, 0.2) is 11.5 Å². The van der Waals surface area contributed by atoms with Crippen LogP contribution in [-0.4, -0.2) is 86.0 Å². The van der Waals surface area contributed by atoms with Gasteiger partial charge < -0.3 is 24.4 Å². The summed E-state index contributed by atoms with van der Waals surface area (Å²) in [5, 5.41) is 2.86. The summed E-state index contributed by atoms with van der Waals surface area (Å²) in [6, 6.07) is 3.17. The largest absolute Gasteiger partial charge is 0.493 e. The lowest BCUT2D eigenvalue weighted by atomic mass is 10.0. The van der Waals surface area contributed by atoms with E-state index in [2.05, 4.69) is 10.2 Å². The monoisotopic (exact) mass is 449 g/mol. The van der Waals surface area contributed by atoms with Gasteiger partial charge in [-0.1, -0.05) is 6.07 Å². The number of hydrogen-bond acceptors (Lipinski definition) is 7. The van der Waals surface area contributed by atoms with Crippen LogP contribution in [0.4, 0.5) is 0 Å². The van der Waals surface area contributed by atoms with Gasteiger partial charge in [-0.2, -0.15) is 0 Å². The number of thioether (sulfide) groups is 1. The molecule has 8 nitrogen and oxygen atoms in total. The van der Waals surface area contributed by atoms with Crippen LogP contribution < -0.4 is 14.8 Å². The smallest absolute Gasteiger partial charge is 0.260 e. The van der Waals surface area contributed by atoms with Gasteiger partial charge in [0, 0.05) is 29.9 Å². The zero-order valence-electron chi connectivity index (χ0n) is 18.6. The summed E-state index contributed by atoms with van der Waals surface area (Å²) in [4.78, 5) is 30.7. The van der Waals surface area contributed by atoms with Crippen molar-refractivity contribution in [3.8, 4) is 11.5 Å². The van der Waals surface area contributed by atoms with E-state index in [1.54, 1.807) is 23.8 Å². The van der Waals surface area contributed by atoms with Gasteiger partial charge in [0.25, 0.3) is 5.91 Å². The van der Waals surface area contributed by atoms with E-state index in [0.29, 0.717) is 23.6 Å². The number of nitrogens with one attached hydrogen (secondary N) is 1. The van der Waals surface area contributed by atoms with Crippen molar-refractivity contribution in [2.24, 2.45) is 0 Å². The lowest BCUT2D eigenvalue weighted by Gasteiger charge is -2.30. The van der Waals surface area contributed by atoms with Crippen molar-refractivity contribution in [2.45, 2.75) is 36.4 Å². The summed E-state index contributed by atoms with van der Waals surface area (Å²) in [5.74, 6) is 0.669. The Labute approximate surface area is 187 Å². The average molecular weight is 450 g/mol. The first-order chi connectivity index (χ1) is 14.9. The van der Waals surface area contributed by atoms with Crippen LogP contribution in [0.2, 0.25) is 0 Å². The Morgan fingerprint density at radius 3 is 2.68 bits per heavy atom. The first-order valence-electron chi connectivity index (χ1n) is 10.7. The zero-order valence-corrected chi connectivity index (χ0v) is 19.4. The molecule has 3 aliphatic rings. The highest BCUT2D eigenvalue weighted by molar-refractivity contribution is 8.01. The Morgan fingerprint density at radius 1 is 1.26 bits per heavy atom. The normalized spacial score (nSPS) is 24.6. The van der Waals surface area contributed by atoms with Crippen molar-refractivity contribution in [1.29, 1.82) is 0 Å². The quantitative estimate of drug-likeness (QED) is 0.637. The Bertz CT molecular complexity index is 856. The van der Waals surface area contributed by atoms with E-state index in [9.17, 15) is 9.59 Å². The molecule has 3 heterocycles. The van der Waals surface area contributed by atoms with Gasteiger partial charge in [0.2, 0.25) is 5.91 Å². The van der Waals surface area contributed by atoms with E-state index < -0.39 is 10.8 Å². The van der Waals surface area contributed by atoms with Crippen molar-refractivity contribution in [3.05, 3.63) is 23.3 Å². The Hall–Kier alpha value is -1.97. The minimum Gasteiger partial charge on any atom is -0.493 e. The third-order valence-electron chi connectivity index (χ3n) is 6.20.